The van der Waals surface area contributed by atoms with Crippen LogP contribution < -0.4 is 11.1 Å². The van der Waals surface area contributed by atoms with E-state index in [0.29, 0.717) is 18.9 Å². The second kappa shape index (κ2) is 8.49. The van der Waals surface area contributed by atoms with Crippen molar-refractivity contribution in [2.24, 2.45) is 11.7 Å². The number of thiazole rings is 1. The number of amides is 1. The monoisotopic (exact) mass is 309 g/mol. The molecule has 1 aliphatic carbocycles. The van der Waals surface area contributed by atoms with Crippen molar-refractivity contribution in [2.75, 3.05) is 6.54 Å². The van der Waals surface area contributed by atoms with Gasteiger partial charge in [-0.25, -0.2) is 4.98 Å². The first kappa shape index (κ1) is 16.4. The van der Waals surface area contributed by atoms with Crippen LogP contribution in [0.4, 0.5) is 0 Å². The quantitative estimate of drug-likeness (QED) is 0.814. The fourth-order valence-corrected chi connectivity index (χ4v) is 3.78. The standard InChI is InChI=1S/C16H27N3OS/c1-12-18-14(11-21-12)8-5-9-16(20)19-15(10-17)13-6-3-2-4-7-13/h11,13,15H,2-10,17H2,1H3,(H,19,20). The van der Waals surface area contributed by atoms with Crippen molar-refractivity contribution in [1.29, 1.82) is 0 Å². The van der Waals surface area contributed by atoms with Gasteiger partial charge in [0, 0.05) is 24.4 Å². The molecule has 5 heteroatoms. The highest BCUT2D eigenvalue weighted by Crippen LogP contribution is 2.26. The summed E-state index contributed by atoms with van der Waals surface area (Å²) >= 11 is 1.67. The Bertz CT molecular complexity index is 440. The second-order valence-corrected chi connectivity index (χ2v) is 7.08. The van der Waals surface area contributed by atoms with Crippen molar-refractivity contribution in [2.45, 2.75) is 64.3 Å². The number of carbonyl (C=O) groups is 1. The molecule has 1 aromatic heterocycles. The zero-order valence-electron chi connectivity index (χ0n) is 12.9. The molecule has 1 atom stereocenters. The number of aryl methyl sites for hydroxylation is 2. The predicted molar refractivity (Wildman–Crippen MR) is 87.3 cm³/mol. The van der Waals surface area contributed by atoms with E-state index in [-0.39, 0.29) is 11.9 Å². The third-order valence-electron chi connectivity index (χ3n) is 4.32. The molecule has 1 amide bonds. The predicted octanol–water partition coefficient (Wildman–Crippen LogP) is 2.80. The fourth-order valence-electron chi connectivity index (χ4n) is 3.14. The lowest BCUT2D eigenvalue weighted by Gasteiger charge is -2.30. The van der Waals surface area contributed by atoms with E-state index in [4.69, 9.17) is 5.73 Å². The van der Waals surface area contributed by atoms with Gasteiger partial charge >= 0.3 is 0 Å². The maximum Gasteiger partial charge on any atom is 0.220 e. The Labute approximate surface area is 131 Å². The minimum atomic E-state index is 0.142. The Balaban J connectivity index is 1.69. The van der Waals surface area contributed by atoms with Crippen molar-refractivity contribution < 1.29 is 4.79 Å². The molecule has 1 heterocycles. The summed E-state index contributed by atoms with van der Waals surface area (Å²) in [7, 11) is 0. The normalized spacial score (nSPS) is 17.6. The summed E-state index contributed by atoms with van der Waals surface area (Å²) in [5.74, 6) is 0.719. The molecule has 0 bridgehead atoms. The van der Waals surface area contributed by atoms with Gasteiger partial charge in [0.15, 0.2) is 0 Å². The molecule has 2 rings (SSSR count). The molecular weight excluding hydrogens is 282 g/mol. The average molecular weight is 309 g/mol. The molecular formula is C16H27N3OS. The number of hydrogen-bond acceptors (Lipinski definition) is 4. The maximum atomic E-state index is 12.1. The first-order chi connectivity index (χ1) is 10.2. The summed E-state index contributed by atoms with van der Waals surface area (Å²) < 4.78 is 0. The van der Waals surface area contributed by atoms with Gasteiger partial charge in [-0.15, -0.1) is 11.3 Å². The average Bonchev–Trinajstić information content (AvgIpc) is 2.91. The van der Waals surface area contributed by atoms with Crippen LogP contribution in [0.15, 0.2) is 5.38 Å². The first-order valence-corrected chi connectivity index (χ1v) is 8.97. The first-order valence-electron chi connectivity index (χ1n) is 8.09. The SMILES string of the molecule is Cc1nc(CCCC(=O)NC(CN)C2CCCCC2)cs1. The number of hydrogen-bond donors (Lipinski definition) is 2. The third kappa shape index (κ3) is 5.40. The van der Waals surface area contributed by atoms with Crippen LogP contribution in [-0.2, 0) is 11.2 Å². The molecule has 1 fully saturated rings. The third-order valence-corrected chi connectivity index (χ3v) is 5.14. The zero-order chi connectivity index (χ0) is 15.1. The van der Waals surface area contributed by atoms with Crippen molar-refractivity contribution in [1.82, 2.24) is 10.3 Å². The van der Waals surface area contributed by atoms with E-state index in [1.165, 1.54) is 32.1 Å². The maximum absolute atomic E-state index is 12.1. The minimum Gasteiger partial charge on any atom is -0.352 e. The van der Waals surface area contributed by atoms with Gasteiger partial charge in [0.05, 0.1) is 10.7 Å². The van der Waals surface area contributed by atoms with Gasteiger partial charge in [0.1, 0.15) is 0 Å². The minimum absolute atomic E-state index is 0.142. The lowest BCUT2D eigenvalue weighted by Crippen LogP contribution is -2.45. The number of nitrogens with two attached hydrogens (primary N) is 1. The van der Waals surface area contributed by atoms with Crippen LogP contribution >= 0.6 is 11.3 Å². The zero-order valence-corrected chi connectivity index (χ0v) is 13.8. The molecule has 0 radical (unpaired) electrons. The molecule has 1 aromatic rings. The van der Waals surface area contributed by atoms with Gasteiger partial charge < -0.3 is 11.1 Å². The van der Waals surface area contributed by atoms with Crippen molar-refractivity contribution in [3.05, 3.63) is 16.1 Å². The second-order valence-electron chi connectivity index (χ2n) is 6.02. The molecule has 1 aliphatic rings. The summed E-state index contributed by atoms with van der Waals surface area (Å²) in [5, 5.41) is 6.32. The van der Waals surface area contributed by atoms with Crippen molar-refractivity contribution in [3.8, 4) is 0 Å². The Morgan fingerprint density at radius 1 is 1.48 bits per heavy atom. The van der Waals surface area contributed by atoms with E-state index in [2.05, 4.69) is 15.7 Å². The van der Waals surface area contributed by atoms with Gasteiger partial charge in [-0.3, -0.25) is 4.79 Å². The highest BCUT2D eigenvalue weighted by atomic mass is 32.1. The molecule has 0 aromatic carbocycles. The Morgan fingerprint density at radius 2 is 2.24 bits per heavy atom. The fraction of sp³-hybridized carbons (Fsp3) is 0.750. The topological polar surface area (TPSA) is 68.0 Å². The molecule has 21 heavy (non-hydrogen) atoms. The van der Waals surface area contributed by atoms with Crippen LogP contribution in [0, 0.1) is 12.8 Å². The summed E-state index contributed by atoms with van der Waals surface area (Å²) in [6, 6.07) is 0.166. The lowest BCUT2D eigenvalue weighted by atomic mass is 9.84. The molecule has 1 saturated carbocycles. The summed E-state index contributed by atoms with van der Waals surface area (Å²) in [5.41, 5.74) is 6.96. The highest BCUT2D eigenvalue weighted by Gasteiger charge is 2.23. The molecule has 1 unspecified atom stereocenters. The van der Waals surface area contributed by atoms with Crippen LogP contribution in [0.2, 0.25) is 0 Å². The largest absolute Gasteiger partial charge is 0.352 e. The van der Waals surface area contributed by atoms with E-state index in [0.717, 1.165) is 23.5 Å². The Hall–Kier alpha value is -0.940. The van der Waals surface area contributed by atoms with Crippen LogP contribution in [0.5, 0.6) is 0 Å². The summed E-state index contributed by atoms with van der Waals surface area (Å²) in [4.78, 5) is 16.5. The van der Waals surface area contributed by atoms with Gasteiger partial charge in [0.2, 0.25) is 5.91 Å². The number of nitrogens with zero attached hydrogens (tertiary/aromatic N) is 1. The van der Waals surface area contributed by atoms with Crippen molar-refractivity contribution in [3.63, 3.8) is 0 Å². The number of nitrogens with one attached hydrogen (secondary N) is 1. The van der Waals surface area contributed by atoms with Crippen LogP contribution in [0.3, 0.4) is 0 Å². The van der Waals surface area contributed by atoms with Crippen LogP contribution in [0.1, 0.15) is 55.6 Å². The van der Waals surface area contributed by atoms with E-state index in [1.807, 2.05) is 6.92 Å². The molecule has 118 valence electrons. The Morgan fingerprint density at radius 3 is 2.86 bits per heavy atom. The van der Waals surface area contributed by atoms with Gasteiger partial charge in [-0.1, -0.05) is 19.3 Å². The number of rotatable bonds is 7. The van der Waals surface area contributed by atoms with E-state index < -0.39 is 0 Å². The smallest absolute Gasteiger partial charge is 0.220 e. The van der Waals surface area contributed by atoms with Gasteiger partial charge in [-0.2, -0.15) is 0 Å². The molecule has 0 saturated heterocycles. The van der Waals surface area contributed by atoms with Gasteiger partial charge in [0.25, 0.3) is 0 Å². The highest BCUT2D eigenvalue weighted by molar-refractivity contribution is 7.09. The number of carbonyl (C=O) groups excluding carboxylic acids is 1. The van der Waals surface area contributed by atoms with Crippen LogP contribution in [0.25, 0.3) is 0 Å². The van der Waals surface area contributed by atoms with E-state index >= 15 is 0 Å². The molecule has 3 N–H and O–H groups in total. The molecule has 0 spiro atoms. The number of aromatic nitrogens is 1. The van der Waals surface area contributed by atoms with Crippen molar-refractivity contribution >= 4 is 17.2 Å². The van der Waals surface area contributed by atoms with E-state index in [9.17, 15) is 4.79 Å². The summed E-state index contributed by atoms with van der Waals surface area (Å²) in [6.45, 7) is 2.57. The Kier molecular flexibility index (Phi) is 6.64. The summed E-state index contributed by atoms with van der Waals surface area (Å²) in [6.07, 6.45) is 8.61. The lowest BCUT2D eigenvalue weighted by molar-refractivity contribution is -0.122. The van der Waals surface area contributed by atoms with E-state index in [1.54, 1.807) is 11.3 Å². The molecule has 0 aliphatic heterocycles. The van der Waals surface area contributed by atoms with Gasteiger partial charge in [-0.05, 0) is 38.5 Å². The van der Waals surface area contributed by atoms with Crippen LogP contribution in [-0.4, -0.2) is 23.5 Å². The molecule has 4 nitrogen and oxygen atoms in total.